The highest BCUT2D eigenvalue weighted by Crippen LogP contribution is 2.36. The van der Waals surface area contributed by atoms with Crippen molar-refractivity contribution >= 4 is 11.8 Å². The lowest BCUT2D eigenvalue weighted by Crippen LogP contribution is -2.12. The molecule has 1 aliphatic rings. The van der Waals surface area contributed by atoms with Gasteiger partial charge < -0.3 is 4.90 Å². The molecule has 1 aromatic rings. The minimum absolute atomic E-state index is 0.392. The van der Waals surface area contributed by atoms with Gasteiger partial charge in [0.1, 0.15) is 0 Å². The Morgan fingerprint density at radius 2 is 1.90 bits per heavy atom. The molecule has 0 saturated carbocycles. The molecule has 0 radical (unpaired) electrons. The number of halogens is 3. The Hall–Kier alpha value is -2.05. The van der Waals surface area contributed by atoms with Crippen LogP contribution in [0.1, 0.15) is 24.0 Å². The zero-order valence-electron chi connectivity index (χ0n) is 10.6. The summed E-state index contributed by atoms with van der Waals surface area (Å²) >= 11 is 0. The first-order chi connectivity index (χ1) is 9.39. The molecule has 0 bridgehead atoms. The van der Waals surface area contributed by atoms with Crippen LogP contribution >= 0.6 is 0 Å². The van der Waals surface area contributed by atoms with Crippen molar-refractivity contribution in [3.8, 4) is 0 Å². The van der Waals surface area contributed by atoms with E-state index >= 15 is 0 Å². The maximum Gasteiger partial charge on any atom is 0.417 e. The monoisotopic (exact) mass is 286 g/mol. The van der Waals surface area contributed by atoms with Gasteiger partial charge in [-0.2, -0.15) is 13.2 Å². The van der Waals surface area contributed by atoms with E-state index in [1.807, 2.05) is 4.90 Å². The minimum atomic E-state index is -4.61. The summed E-state index contributed by atoms with van der Waals surface area (Å²) in [5.74, 6) is 0. The van der Waals surface area contributed by atoms with Gasteiger partial charge in [0.05, 0.1) is 16.1 Å². The Morgan fingerprint density at radius 3 is 2.45 bits per heavy atom. The second-order valence-corrected chi connectivity index (χ2v) is 4.55. The van der Waals surface area contributed by atoms with E-state index in [2.05, 4.69) is 0 Å². The van der Waals surface area contributed by atoms with Crippen molar-refractivity contribution in [2.75, 3.05) is 13.1 Å². The quantitative estimate of drug-likeness (QED) is 0.629. The highest BCUT2D eigenvalue weighted by atomic mass is 19.4. The summed E-state index contributed by atoms with van der Waals surface area (Å²) in [6.07, 6.45) is 0.0360. The Bertz CT molecular complexity index is 535. The molecule has 0 amide bonds. The van der Waals surface area contributed by atoms with E-state index in [-0.39, 0.29) is 0 Å². The summed E-state index contributed by atoms with van der Waals surface area (Å²) in [5, 5.41) is 10.9. The zero-order valence-corrected chi connectivity index (χ0v) is 10.6. The molecule has 7 heteroatoms. The molecule has 2 rings (SSSR count). The molecule has 1 aromatic carbocycles. The third-order valence-corrected chi connectivity index (χ3v) is 3.18. The smallest absolute Gasteiger partial charge is 0.377 e. The normalized spacial score (nSPS) is 16.1. The van der Waals surface area contributed by atoms with Gasteiger partial charge in [0.2, 0.25) is 0 Å². The number of nitrogens with zero attached hydrogens (tertiary/aromatic N) is 2. The van der Waals surface area contributed by atoms with Crippen molar-refractivity contribution < 1.29 is 18.1 Å². The summed E-state index contributed by atoms with van der Waals surface area (Å²) in [4.78, 5) is 12.0. The Labute approximate surface area is 113 Å². The van der Waals surface area contributed by atoms with E-state index in [1.54, 1.807) is 0 Å². The molecule has 1 heterocycles. The predicted molar refractivity (Wildman–Crippen MR) is 67.9 cm³/mol. The summed E-state index contributed by atoms with van der Waals surface area (Å²) in [6.45, 7) is 1.52. The zero-order chi connectivity index (χ0) is 14.8. The van der Waals surface area contributed by atoms with E-state index in [1.165, 1.54) is 12.3 Å². The average molecular weight is 286 g/mol. The van der Waals surface area contributed by atoms with E-state index in [0.29, 0.717) is 0 Å². The van der Waals surface area contributed by atoms with E-state index in [9.17, 15) is 23.3 Å². The Morgan fingerprint density at radius 1 is 1.25 bits per heavy atom. The van der Waals surface area contributed by atoms with Crippen molar-refractivity contribution in [3.05, 3.63) is 45.6 Å². The predicted octanol–water partition coefficient (Wildman–Crippen LogP) is 3.68. The van der Waals surface area contributed by atoms with Gasteiger partial charge in [-0.05, 0) is 31.2 Å². The van der Waals surface area contributed by atoms with Crippen LogP contribution < -0.4 is 0 Å². The molecule has 1 saturated heterocycles. The Balaban J connectivity index is 2.43. The molecule has 0 spiro atoms. The molecule has 1 aliphatic heterocycles. The van der Waals surface area contributed by atoms with Gasteiger partial charge in [0, 0.05) is 19.2 Å². The van der Waals surface area contributed by atoms with Gasteiger partial charge in [-0.25, -0.2) is 0 Å². The van der Waals surface area contributed by atoms with Gasteiger partial charge >= 0.3 is 6.18 Å². The largest absolute Gasteiger partial charge is 0.417 e. The van der Waals surface area contributed by atoms with Crippen LogP contribution in [-0.2, 0) is 6.18 Å². The molecule has 1 fully saturated rings. The highest BCUT2D eigenvalue weighted by molar-refractivity contribution is 5.65. The fourth-order valence-corrected chi connectivity index (χ4v) is 2.21. The Kier molecular flexibility index (Phi) is 3.96. The van der Waals surface area contributed by atoms with Gasteiger partial charge in [-0.1, -0.05) is 6.07 Å². The number of hydrogen-bond donors (Lipinski definition) is 0. The van der Waals surface area contributed by atoms with Gasteiger partial charge in [0.15, 0.2) is 0 Å². The number of hydrogen-bond acceptors (Lipinski definition) is 3. The topological polar surface area (TPSA) is 46.4 Å². The third kappa shape index (κ3) is 3.09. The summed E-state index contributed by atoms with van der Waals surface area (Å²) in [7, 11) is 0. The van der Waals surface area contributed by atoms with Crippen LogP contribution in [0.15, 0.2) is 24.4 Å². The van der Waals surface area contributed by atoms with Crippen molar-refractivity contribution in [2.24, 2.45) is 0 Å². The highest BCUT2D eigenvalue weighted by Gasteiger charge is 2.35. The lowest BCUT2D eigenvalue weighted by molar-refractivity contribution is -0.385. The molecule has 20 heavy (non-hydrogen) atoms. The maximum absolute atomic E-state index is 12.9. The lowest BCUT2D eigenvalue weighted by Gasteiger charge is -2.13. The summed E-state index contributed by atoms with van der Waals surface area (Å²) in [5.41, 5.74) is -1.91. The minimum Gasteiger partial charge on any atom is -0.377 e. The molecule has 108 valence electrons. The van der Waals surface area contributed by atoms with Crippen LogP contribution in [0.25, 0.3) is 6.08 Å². The maximum atomic E-state index is 12.9. The first-order valence-electron chi connectivity index (χ1n) is 6.16. The van der Waals surface area contributed by atoms with Crippen molar-refractivity contribution in [1.29, 1.82) is 0 Å². The fourth-order valence-electron chi connectivity index (χ4n) is 2.21. The van der Waals surface area contributed by atoms with Crippen molar-refractivity contribution in [3.63, 3.8) is 0 Å². The third-order valence-electron chi connectivity index (χ3n) is 3.18. The van der Waals surface area contributed by atoms with Crippen molar-refractivity contribution in [2.45, 2.75) is 19.0 Å². The fraction of sp³-hybridized carbons (Fsp3) is 0.385. The van der Waals surface area contributed by atoms with Crippen LogP contribution in [0.2, 0.25) is 0 Å². The number of benzene rings is 1. The van der Waals surface area contributed by atoms with Crippen molar-refractivity contribution in [1.82, 2.24) is 4.90 Å². The second-order valence-electron chi connectivity index (χ2n) is 4.55. The van der Waals surface area contributed by atoms with Crippen LogP contribution in [0.3, 0.4) is 0 Å². The van der Waals surface area contributed by atoms with Crippen LogP contribution in [-0.4, -0.2) is 22.9 Å². The molecular weight excluding hydrogens is 273 g/mol. The van der Waals surface area contributed by atoms with E-state index in [0.717, 1.165) is 44.1 Å². The van der Waals surface area contributed by atoms with E-state index < -0.39 is 27.9 Å². The van der Waals surface area contributed by atoms with Crippen LogP contribution in [0.4, 0.5) is 18.9 Å². The lowest BCUT2D eigenvalue weighted by atomic mass is 10.0. The second kappa shape index (κ2) is 5.52. The molecule has 0 atom stereocenters. The molecule has 0 aliphatic carbocycles. The number of nitro groups is 1. The number of nitro benzene ring substituents is 1. The number of rotatable bonds is 3. The number of alkyl halides is 3. The standard InChI is InChI=1S/C13H13F3N2O2/c14-13(15,16)11-4-3-5-12(18(19)20)10(11)6-9-17-7-1-2-8-17/h3-6,9H,1-2,7-8H2. The summed E-state index contributed by atoms with van der Waals surface area (Å²) in [6, 6.07) is 2.99. The molecule has 0 N–H and O–H groups in total. The van der Waals surface area contributed by atoms with Crippen LogP contribution in [0, 0.1) is 10.1 Å². The SMILES string of the molecule is O=[N+]([O-])c1cccc(C(F)(F)F)c1C=CN1CCCC1. The van der Waals surface area contributed by atoms with Crippen LogP contribution in [0.5, 0.6) is 0 Å². The van der Waals surface area contributed by atoms with Gasteiger partial charge in [-0.3, -0.25) is 10.1 Å². The summed E-state index contributed by atoms with van der Waals surface area (Å²) < 4.78 is 38.8. The molecule has 0 aromatic heterocycles. The number of likely N-dealkylation sites (tertiary alicyclic amines) is 1. The van der Waals surface area contributed by atoms with Gasteiger partial charge in [0.25, 0.3) is 5.69 Å². The first-order valence-corrected chi connectivity index (χ1v) is 6.16. The molecule has 4 nitrogen and oxygen atoms in total. The average Bonchev–Trinajstić information content (AvgIpc) is 2.87. The van der Waals surface area contributed by atoms with Gasteiger partial charge in [-0.15, -0.1) is 0 Å². The molecule has 0 unspecified atom stereocenters. The molecular formula is C13H13F3N2O2. The van der Waals surface area contributed by atoms with E-state index in [4.69, 9.17) is 0 Å². The first kappa shape index (κ1) is 14.4.